The van der Waals surface area contributed by atoms with Gasteiger partial charge in [0.1, 0.15) is 5.57 Å². The van der Waals surface area contributed by atoms with Crippen LogP contribution in [-0.4, -0.2) is 22.3 Å². The number of carbonyl (C=O) groups excluding carboxylic acids is 2. The summed E-state index contributed by atoms with van der Waals surface area (Å²) in [6, 6.07) is 11.3. The monoisotopic (exact) mass is 297 g/mol. The molecule has 22 heavy (non-hydrogen) atoms. The highest BCUT2D eigenvalue weighted by Crippen LogP contribution is 2.24. The topological polar surface area (TPSA) is 57.5 Å². The third-order valence-electron chi connectivity index (χ3n) is 3.20. The van der Waals surface area contributed by atoms with Gasteiger partial charge in [-0.3, -0.25) is 0 Å². The summed E-state index contributed by atoms with van der Waals surface area (Å²) in [5, 5.41) is 0. The Morgan fingerprint density at radius 1 is 1.00 bits per heavy atom. The van der Waals surface area contributed by atoms with Gasteiger partial charge in [-0.2, -0.15) is 0 Å². The molecule has 0 saturated carbocycles. The van der Waals surface area contributed by atoms with Crippen molar-refractivity contribution in [2.45, 2.75) is 19.6 Å². The number of esters is 2. The summed E-state index contributed by atoms with van der Waals surface area (Å²) >= 11 is 0. The fourth-order valence-corrected chi connectivity index (χ4v) is 2.23. The van der Waals surface area contributed by atoms with Crippen molar-refractivity contribution in [3.63, 3.8) is 0 Å². The second-order valence-electron chi connectivity index (χ2n) is 5.42. The number of nitrogens with zero attached hydrogens (tertiary/aromatic N) is 1. The van der Waals surface area contributed by atoms with Gasteiger partial charge in [-0.05, 0) is 35.9 Å². The van der Waals surface area contributed by atoms with E-state index in [0.29, 0.717) is 0 Å². The van der Waals surface area contributed by atoms with E-state index in [4.69, 9.17) is 9.47 Å². The third kappa shape index (κ3) is 2.79. The van der Waals surface area contributed by atoms with Crippen LogP contribution >= 0.6 is 0 Å². The van der Waals surface area contributed by atoms with Gasteiger partial charge in [0.25, 0.3) is 5.79 Å². The Morgan fingerprint density at radius 3 is 2.27 bits per heavy atom. The van der Waals surface area contributed by atoms with E-state index in [0.717, 1.165) is 11.3 Å². The molecule has 3 rings (SSSR count). The van der Waals surface area contributed by atoms with E-state index < -0.39 is 17.7 Å². The Hall–Kier alpha value is -2.82. The number of carbonyl (C=O) groups is 2. The quantitative estimate of drug-likeness (QED) is 0.486. The molecule has 1 saturated heterocycles. The van der Waals surface area contributed by atoms with Crippen LogP contribution in [0.25, 0.3) is 11.8 Å². The summed E-state index contributed by atoms with van der Waals surface area (Å²) in [4.78, 5) is 23.9. The SMILES string of the molecule is CC1(C)OC(=O)C(=Cc2cccc(-n3cccc3)c2)C(=O)O1. The summed E-state index contributed by atoms with van der Waals surface area (Å²) in [5.74, 6) is -2.57. The number of ether oxygens (including phenoxy) is 2. The second kappa shape index (κ2) is 5.18. The first-order valence-corrected chi connectivity index (χ1v) is 6.86. The van der Waals surface area contributed by atoms with Crippen LogP contribution in [0.5, 0.6) is 0 Å². The van der Waals surface area contributed by atoms with Crippen molar-refractivity contribution in [1.82, 2.24) is 4.57 Å². The lowest BCUT2D eigenvalue weighted by Crippen LogP contribution is -2.41. The zero-order valence-electron chi connectivity index (χ0n) is 12.3. The summed E-state index contributed by atoms with van der Waals surface area (Å²) in [5.41, 5.74) is 1.54. The number of rotatable bonds is 2. The molecule has 5 heteroatoms. The van der Waals surface area contributed by atoms with Crippen LogP contribution in [0, 0.1) is 0 Å². The highest BCUT2D eigenvalue weighted by atomic mass is 16.7. The van der Waals surface area contributed by atoms with E-state index in [1.165, 1.54) is 19.9 Å². The largest absolute Gasteiger partial charge is 0.419 e. The first-order valence-electron chi connectivity index (χ1n) is 6.86. The summed E-state index contributed by atoms with van der Waals surface area (Å²) in [6.07, 6.45) is 5.31. The minimum absolute atomic E-state index is 0.107. The Balaban J connectivity index is 1.94. The maximum absolute atomic E-state index is 11.9. The van der Waals surface area contributed by atoms with Crippen LogP contribution in [0.15, 0.2) is 54.4 Å². The van der Waals surface area contributed by atoms with Gasteiger partial charge in [-0.1, -0.05) is 12.1 Å². The summed E-state index contributed by atoms with van der Waals surface area (Å²) in [7, 11) is 0. The van der Waals surface area contributed by atoms with Crippen molar-refractivity contribution in [2.75, 3.05) is 0 Å². The van der Waals surface area contributed by atoms with E-state index in [-0.39, 0.29) is 5.57 Å². The minimum Gasteiger partial charge on any atom is -0.419 e. The van der Waals surface area contributed by atoms with E-state index in [1.54, 1.807) is 6.07 Å². The number of aromatic nitrogens is 1. The maximum atomic E-state index is 11.9. The Kier molecular flexibility index (Phi) is 3.33. The predicted octanol–water partition coefficient (Wildman–Crippen LogP) is 2.70. The van der Waals surface area contributed by atoms with Crippen molar-refractivity contribution in [1.29, 1.82) is 0 Å². The first kappa shape index (κ1) is 14.1. The first-order chi connectivity index (χ1) is 10.4. The summed E-state index contributed by atoms with van der Waals surface area (Å²) in [6.45, 7) is 3.04. The van der Waals surface area contributed by atoms with Crippen LogP contribution < -0.4 is 0 Å². The Labute approximate surface area is 127 Å². The van der Waals surface area contributed by atoms with Gasteiger partial charge in [0, 0.05) is 31.9 Å². The minimum atomic E-state index is -1.22. The lowest BCUT2D eigenvalue weighted by Gasteiger charge is -2.29. The van der Waals surface area contributed by atoms with E-state index >= 15 is 0 Å². The molecular weight excluding hydrogens is 282 g/mol. The van der Waals surface area contributed by atoms with Gasteiger partial charge in [0.15, 0.2) is 0 Å². The molecule has 1 aromatic carbocycles. The van der Waals surface area contributed by atoms with Crippen LogP contribution in [0.2, 0.25) is 0 Å². The van der Waals surface area contributed by atoms with Crippen molar-refractivity contribution in [3.8, 4) is 5.69 Å². The fraction of sp³-hybridized carbons (Fsp3) is 0.176. The highest BCUT2D eigenvalue weighted by Gasteiger charge is 2.38. The Morgan fingerprint density at radius 2 is 1.64 bits per heavy atom. The molecular formula is C17H15NO4. The number of benzene rings is 1. The smallest absolute Gasteiger partial charge is 0.348 e. The molecule has 0 unspecified atom stereocenters. The molecule has 2 aromatic rings. The van der Waals surface area contributed by atoms with Crippen molar-refractivity contribution in [3.05, 3.63) is 59.9 Å². The molecule has 1 aliphatic heterocycles. The van der Waals surface area contributed by atoms with Gasteiger partial charge in [0.2, 0.25) is 0 Å². The lowest BCUT2D eigenvalue weighted by atomic mass is 10.1. The molecule has 112 valence electrons. The van der Waals surface area contributed by atoms with Gasteiger partial charge in [0.05, 0.1) is 0 Å². The molecule has 0 aliphatic carbocycles. The van der Waals surface area contributed by atoms with Crippen molar-refractivity contribution < 1.29 is 19.1 Å². The molecule has 0 atom stereocenters. The maximum Gasteiger partial charge on any atom is 0.348 e. The average molecular weight is 297 g/mol. The molecule has 5 nitrogen and oxygen atoms in total. The number of cyclic esters (lactones) is 2. The molecule has 0 N–H and O–H groups in total. The molecule has 1 aliphatic rings. The van der Waals surface area contributed by atoms with Crippen LogP contribution in [0.4, 0.5) is 0 Å². The fourth-order valence-electron chi connectivity index (χ4n) is 2.23. The van der Waals surface area contributed by atoms with Crippen LogP contribution in [0.3, 0.4) is 0 Å². The molecule has 1 aromatic heterocycles. The summed E-state index contributed by atoms with van der Waals surface area (Å²) < 4.78 is 12.1. The van der Waals surface area contributed by atoms with E-state index in [1.807, 2.05) is 47.3 Å². The third-order valence-corrected chi connectivity index (χ3v) is 3.20. The zero-order valence-corrected chi connectivity index (χ0v) is 12.3. The molecule has 2 heterocycles. The molecule has 0 bridgehead atoms. The highest BCUT2D eigenvalue weighted by molar-refractivity contribution is 6.18. The standard InChI is InChI=1S/C17H15NO4/c1-17(2)21-15(19)14(16(20)22-17)11-12-6-5-7-13(10-12)18-8-3-4-9-18/h3-11H,1-2H3. The molecule has 0 spiro atoms. The van der Waals surface area contributed by atoms with Crippen molar-refractivity contribution in [2.24, 2.45) is 0 Å². The number of hydrogen-bond donors (Lipinski definition) is 0. The van der Waals surface area contributed by atoms with Gasteiger partial charge in [-0.15, -0.1) is 0 Å². The normalized spacial score (nSPS) is 16.9. The Bertz CT molecular complexity index is 735. The second-order valence-corrected chi connectivity index (χ2v) is 5.42. The zero-order chi connectivity index (χ0) is 15.7. The number of hydrogen-bond acceptors (Lipinski definition) is 4. The van der Waals surface area contributed by atoms with Crippen LogP contribution in [0.1, 0.15) is 19.4 Å². The van der Waals surface area contributed by atoms with E-state index in [9.17, 15) is 9.59 Å². The predicted molar refractivity (Wildman–Crippen MR) is 80.0 cm³/mol. The molecule has 0 radical (unpaired) electrons. The lowest BCUT2D eigenvalue weighted by molar-refractivity contribution is -0.222. The molecule has 1 fully saturated rings. The van der Waals surface area contributed by atoms with Gasteiger partial charge < -0.3 is 14.0 Å². The average Bonchev–Trinajstić information content (AvgIpc) is 2.96. The van der Waals surface area contributed by atoms with E-state index in [2.05, 4.69) is 0 Å². The van der Waals surface area contributed by atoms with Crippen LogP contribution in [-0.2, 0) is 19.1 Å². The van der Waals surface area contributed by atoms with Gasteiger partial charge >= 0.3 is 11.9 Å². The molecule has 0 amide bonds. The van der Waals surface area contributed by atoms with Crippen molar-refractivity contribution >= 4 is 18.0 Å². The van der Waals surface area contributed by atoms with Gasteiger partial charge in [-0.25, -0.2) is 9.59 Å².